The van der Waals surface area contributed by atoms with E-state index in [9.17, 15) is 0 Å². The Hall–Kier alpha value is -2.17. The number of rotatable bonds is 12. The first kappa shape index (κ1) is 27.9. The van der Waals surface area contributed by atoms with Crippen molar-refractivity contribution in [1.82, 2.24) is 20.1 Å². The van der Waals surface area contributed by atoms with E-state index < -0.39 is 0 Å². The molecule has 0 spiro atoms. The van der Waals surface area contributed by atoms with E-state index in [2.05, 4.69) is 72.8 Å². The SMILES string of the molecule is C=C(NC1CCCCC1)c1cnc(CCCN(CCC)C2CCN(Cc3ccc(C)cc3)CC2)c(C)c1. The van der Waals surface area contributed by atoms with Crippen molar-refractivity contribution in [2.45, 2.75) is 104 Å². The molecule has 2 heterocycles. The molecule has 4 rings (SSSR count). The maximum absolute atomic E-state index is 4.88. The third-order valence-corrected chi connectivity index (χ3v) is 8.49. The summed E-state index contributed by atoms with van der Waals surface area (Å²) in [5, 5.41) is 3.66. The van der Waals surface area contributed by atoms with E-state index in [0.29, 0.717) is 6.04 Å². The molecule has 0 atom stereocenters. The number of aryl methyl sites for hydroxylation is 3. The lowest BCUT2D eigenvalue weighted by molar-refractivity contribution is 0.103. The Labute approximate surface area is 226 Å². The molecule has 1 saturated heterocycles. The second kappa shape index (κ2) is 14.1. The second-order valence-electron chi connectivity index (χ2n) is 11.6. The molecule has 0 radical (unpaired) electrons. The summed E-state index contributed by atoms with van der Waals surface area (Å²) in [6, 6.07) is 12.6. The summed E-state index contributed by atoms with van der Waals surface area (Å²) in [6.45, 7) is 16.9. The zero-order valence-electron chi connectivity index (χ0n) is 23.8. The number of piperidine rings is 1. The molecule has 0 bridgehead atoms. The largest absolute Gasteiger partial charge is 0.382 e. The molecule has 1 aromatic heterocycles. The van der Waals surface area contributed by atoms with Crippen molar-refractivity contribution in [3.63, 3.8) is 0 Å². The van der Waals surface area contributed by atoms with Crippen LogP contribution in [-0.2, 0) is 13.0 Å². The topological polar surface area (TPSA) is 31.4 Å². The van der Waals surface area contributed by atoms with Crippen molar-refractivity contribution in [3.8, 4) is 0 Å². The van der Waals surface area contributed by atoms with Crippen LogP contribution in [0, 0.1) is 13.8 Å². The Morgan fingerprint density at radius 2 is 1.76 bits per heavy atom. The predicted molar refractivity (Wildman–Crippen MR) is 158 cm³/mol. The fourth-order valence-corrected chi connectivity index (χ4v) is 6.21. The lowest BCUT2D eigenvalue weighted by Gasteiger charge is -2.38. The van der Waals surface area contributed by atoms with Crippen LogP contribution in [0.5, 0.6) is 0 Å². The summed E-state index contributed by atoms with van der Waals surface area (Å²) >= 11 is 0. The van der Waals surface area contributed by atoms with Crippen LogP contribution in [0.3, 0.4) is 0 Å². The van der Waals surface area contributed by atoms with Gasteiger partial charge in [0.1, 0.15) is 0 Å². The van der Waals surface area contributed by atoms with Crippen LogP contribution >= 0.6 is 0 Å². The summed E-state index contributed by atoms with van der Waals surface area (Å²) < 4.78 is 0. The highest BCUT2D eigenvalue weighted by atomic mass is 15.2. The van der Waals surface area contributed by atoms with E-state index in [1.165, 1.54) is 106 Å². The molecule has 2 fully saturated rings. The van der Waals surface area contributed by atoms with Gasteiger partial charge in [-0.3, -0.25) is 9.88 Å². The van der Waals surface area contributed by atoms with Crippen molar-refractivity contribution in [3.05, 3.63) is 71.1 Å². The van der Waals surface area contributed by atoms with Gasteiger partial charge in [-0.05, 0) is 102 Å². The van der Waals surface area contributed by atoms with Crippen LogP contribution in [0.2, 0.25) is 0 Å². The Morgan fingerprint density at radius 3 is 2.43 bits per heavy atom. The molecule has 0 unspecified atom stereocenters. The predicted octanol–water partition coefficient (Wildman–Crippen LogP) is 6.90. The number of aromatic nitrogens is 1. The fourth-order valence-electron chi connectivity index (χ4n) is 6.21. The van der Waals surface area contributed by atoms with Crippen LogP contribution in [0.25, 0.3) is 5.70 Å². The van der Waals surface area contributed by atoms with E-state index in [0.717, 1.165) is 30.3 Å². The maximum Gasteiger partial charge on any atom is 0.0433 e. The average molecular weight is 503 g/mol. The lowest BCUT2D eigenvalue weighted by atomic mass is 9.95. The van der Waals surface area contributed by atoms with Gasteiger partial charge in [0.2, 0.25) is 0 Å². The van der Waals surface area contributed by atoms with Crippen molar-refractivity contribution < 1.29 is 0 Å². The third-order valence-electron chi connectivity index (χ3n) is 8.49. The molecule has 1 N–H and O–H groups in total. The summed E-state index contributed by atoms with van der Waals surface area (Å²) in [7, 11) is 0. The molecule has 1 aromatic carbocycles. The normalized spacial score (nSPS) is 17.8. The smallest absolute Gasteiger partial charge is 0.0433 e. The minimum atomic E-state index is 0.584. The number of nitrogens with one attached hydrogen (secondary N) is 1. The number of nitrogens with zero attached hydrogens (tertiary/aromatic N) is 3. The van der Waals surface area contributed by atoms with Gasteiger partial charge in [-0.2, -0.15) is 0 Å². The van der Waals surface area contributed by atoms with Crippen LogP contribution < -0.4 is 5.32 Å². The number of benzene rings is 1. The molecule has 1 aliphatic carbocycles. The zero-order chi connectivity index (χ0) is 26.0. The molecule has 1 aliphatic heterocycles. The van der Waals surface area contributed by atoms with Gasteiger partial charge >= 0.3 is 0 Å². The summed E-state index contributed by atoms with van der Waals surface area (Å²) in [4.78, 5) is 10.3. The molecule has 202 valence electrons. The van der Waals surface area contributed by atoms with E-state index in [-0.39, 0.29) is 0 Å². The first-order chi connectivity index (χ1) is 18.0. The molecular formula is C33H50N4. The van der Waals surface area contributed by atoms with Crippen molar-refractivity contribution in [2.24, 2.45) is 0 Å². The van der Waals surface area contributed by atoms with E-state index in [4.69, 9.17) is 4.98 Å². The molecule has 2 aromatic rings. The average Bonchev–Trinajstić information content (AvgIpc) is 2.91. The van der Waals surface area contributed by atoms with Crippen LogP contribution in [-0.4, -0.2) is 53.0 Å². The van der Waals surface area contributed by atoms with Gasteiger partial charge in [0.05, 0.1) is 0 Å². The number of pyridine rings is 1. The van der Waals surface area contributed by atoms with Gasteiger partial charge in [-0.15, -0.1) is 0 Å². The van der Waals surface area contributed by atoms with E-state index in [1.54, 1.807) is 0 Å². The standard InChI is InChI=1S/C33H50N4/c1-5-19-37(32-17-21-36(22-18-32)25-29-15-13-26(2)14-16-29)20-9-12-33-27(3)23-30(24-34-33)28(4)35-31-10-7-6-8-11-31/h13-16,23-24,31-32,35H,4-12,17-22,25H2,1-3H3. The summed E-state index contributed by atoms with van der Waals surface area (Å²) in [5.41, 5.74) is 7.52. The number of likely N-dealkylation sites (tertiary alicyclic amines) is 1. The minimum Gasteiger partial charge on any atom is -0.382 e. The highest BCUT2D eigenvalue weighted by Gasteiger charge is 2.24. The molecule has 2 aliphatic rings. The van der Waals surface area contributed by atoms with Crippen LogP contribution in [0.15, 0.2) is 43.1 Å². The third kappa shape index (κ3) is 8.41. The fraction of sp³-hybridized carbons (Fsp3) is 0.606. The quantitative estimate of drug-likeness (QED) is 0.342. The van der Waals surface area contributed by atoms with Crippen LogP contribution in [0.1, 0.15) is 92.7 Å². The second-order valence-corrected chi connectivity index (χ2v) is 11.6. The van der Waals surface area contributed by atoms with Gasteiger partial charge < -0.3 is 10.2 Å². The highest BCUT2D eigenvalue weighted by molar-refractivity contribution is 5.61. The molecular weight excluding hydrogens is 452 g/mol. The van der Waals surface area contributed by atoms with Crippen molar-refractivity contribution in [1.29, 1.82) is 0 Å². The van der Waals surface area contributed by atoms with Crippen molar-refractivity contribution >= 4 is 5.70 Å². The Morgan fingerprint density at radius 1 is 1.03 bits per heavy atom. The number of hydrogen-bond donors (Lipinski definition) is 1. The summed E-state index contributed by atoms with van der Waals surface area (Å²) in [5.74, 6) is 0. The monoisotopic (exact) mass is 502 g/mol. The maximum atomic E-state index is 4.88. The van der Waals surface area contributed by atoms with Gasteiger partial charge in [-0.25, -0.2) is 0 Å². The Kier molecular flexibility index (Phi) is 10.6. The van der Waals surface area contributed by atoms with Crippen molar-refractivity contribution in [2.75, 3.05) is 26.2 Å². The lowest BCUT2D eigenvalue weighted by Crippen LogP contribution is -2.45. The molecule has 37 heavy (non-hydrogen) atoms. The Balaban J connectivity index is 1.22. The van der Waals surface area contributed by atoms with Gasteiger partial charge in [-0.1, -0.05) is 62.6 Å². The molecule has 0 amide bonds. The van der Waals surface area contributed by atoms with Gasteiger partial charge in [0.15, 0.2) is 0 Å². The van der Waals surface area contributed by atoms with E-state index in [1.807, 2.05) is 6.20 Å². The minimum absolute atomic E-state index is 0.584. The summed E-state index contributed by atoms with van der Waals surface area (Å²) in [6.07, 6.45) is 14.7. The molecule has 4 heteroatoms. The molecule has 1 saturated carbocycles. The van der Waals surface area contributed by atoms with E-state index >= 15 is 0 Å². The molecule has 4 nitrogen and oxygen atoms in total. The first-order valence-electron chi connectivity index (χ1n) is 14.9. The van der Waals surface area contributed by atoms with Gasteiger partial charge in [0.25, 0.3) is 0 Å². The zero-order valence-corrected chi connectivity index (χ0v) is 23.8. The Bertz CT molecular complexity index is 968. The highest BCUT2D eigenvalue weighted by Crippen LogP contribution is 2.23. The first-order valence-corrected chi connectivity index (χ1v) is 14.9. The van der Waals surface area contributed by atoms with Gasteiger partial charge in [0, 0.05) is 41.8 Å². The van der Waals surface area contributed by atoms with Crippen LogP contribution in [0.4, 0.5) is 0 Å². The number of hydrogen-bond acceptors (Lipinski definition) is 4.